The Labute approximate surface area is 100 Å². The average Bonchev–Trinajstić information content (AvgIpc) is 2.15. The highest BCUT2D eigenvalue weighted by Gasteiger charge is 1.90. The lowest BCUT2D eigenvalue weighted by atomic mass is 10.2. The molecule has 0 saturated heterocycles. The van der Waals surface area contributed by atoms with Crippen molar-refractivity contribution in [1.29, 1.82) is 0 Å². The van der Waals surface area contributed by atoms with E-state index in [0.717, 1.165) is 5.56 Å². The van der Waals surface area contributed by atoms with Crippen LogP contribution in [0.1, 0.15) is 5.56 Å². The van der Waals surface area contributed by atoms with Crippen LogP contribution < -0.4 is 11.5 Å². The monoisotopic (exact) mass is 232 g/mol. The Morgan fingerprint density at radius 2 is 1.47 bits per heavy atom. The predicted molar refractivity (Wildman–Crippen MR) is 69.8 cm³/mol. The normalized spacial score (nSPS) is 9.24. The Kier molecular flexibility index (Phi) is 4.22. The highest BCUT2D eigenvalue weighted by molar-refractivity contribution is 5.46. The summed E-state index contributed by atoms with van der Waals surface area (Å²) in [4.78, 5) is 0. The Balaban J connectivity index is 0.000000171. The lowest BCUT2D eigenvalue weighted by Gasteiger charge is -1.96. The molecule has 0 heterocycles. The number of nitrogen functional groups attached to an aromatic ring is 2. The summed E-state index contributed by atoms with van der Waals surface area (Å²) in [6.07, 6.45) is 0. The number of hydrogen-bond donors (Lipinski definition) is 4. The number of aryl methyl sites for hydroxylation is 1. The molecule has 4 nitrogen and oxygen atoms in total. The molecule has 0 bridgehead atoms. The van der Waals surface area contributed by atoms with Gasteiger partial charge in [0.1, 0.15) is 11.5 Å². The van der Waals surface area contributed by atoms with Crippen LogP contribution in [0.3, 0.4) is 0 Å². The minimum atomic E-state index is 0.213. The van der Waals surface area contributed by atoms with Gasteiger partial charge in [0.15, 0.2) is 0 Å². The quantitative estimate of drug-likeness (QED) is 0.524. The SMILES string of the molecule is Cc1cc(N)cc(O)c1.Nc1cccc(O)c1. The minimum absolute atomic E-state index is 0.213. The van der Waals surface area contributed by atoms with E-state index >= 15 is 0 Å². The molecule has 2 aromatic carbocycles. The van der Waals surface area contributed by atoms with Crippen LogP contribution in [0.2, 0.25) is 0 Å². The molecule has 0 saturated carbocycles. The first-order valence-corrected chi connectivity index (χ1v) is 5.08. The summed E-state index contributed by atoms with van der Waals surface area (Å²) in [6.45, 7) is 1.88. The molecular weight excluding hydrogens is 216 g/mol. The van der Waals surface area contributed by atoms with Crippen molar-refractivity contribution in [3.05, 3.63) is 48.0 Å². The third-order valence-corrected chi connectivity index (χ3v) is 1.95. The molecule has 0 radical (unpaired) electrons. The molecule has 90 valence electrons. The van der Waals surface area contributed by atoms with Gasteiger partial charge in [0.25, 0.3) is 0 Å². The maximum absolute atomic E-state index is 8.91. The second-order valence-electron chi connectivity index (χ2n) is 3.70. The van der Waals surface area contributed by atoms with Crippen molar-refractivity contribution in [3.63, 3.8) is 0 Å². The van der Waals surface area contributed by atoms with Crippen molar-refractivity contribution in [1.82, 2.24) is 0 Å². The molecule has 0 atom stereocenters. The van der Waals surface area contributed by atoms with Gasteiger partial charge in [0.2, 0.25) is 0 Å². The summed E-state index contributed by atoms with van der Waals surface area (Å²) in [5, 5.41) is 17.6. The van der Waals surface area contributed by atoms with E-state index in [-0.39, 0.29) is 11.5 Å². The second kappa shape index (κ2) is 5.65. The van der Waals surface area contributed by atoms with Gasteiger partial charge >= 0.3 is 0 Å². The third kappa shape index (κ3) is 4.79. The average molecular weight is 232 g/mol. The number of nitrogens with two attached hydrogens (primary N) is 2. The Hall–Kier alpha value is -2.36. The van der Waals surface area contributed by atoms with E-state index in [0.29, 0.717) is 11.4 Å². The standard InChI is InChI=1S/C7H9NO.C6H7NO/c1-5-2-6(8)4-7(9)3-5;7-5-2-1-3-6(8)4-5/h2-4,9H,8H2,1H3;1-4,8H,7H2. The fourth-order valence-corrected chi connectivity index (χ4v) is 1.32. The molecule has 0 spiro atoms. The third-order valence-electron chi connectivity index (χ3n) is 1.95. The second-order valence-corrected chi connectivity index (χ2v) is 3.70. The van der Waals surface area contributed by atoms with Crippen LogP contribution in [0, 0.1) is 6.92 Å². The smallest absolute Gasteiger partial charge is 0.117 e. The van der Waals surface area contributed by atoms with E-state index in [1.54, 1.807) is 30.3 Å². The summed E-state index contributed by atoms with van der Waals surface area (Å²) in [5.74, 6) is 0.442. The van der Waals surface area contributed by atoms with Crippen molar-refractivity contribution in [2.75, 3.05) is 11.5 Å². The fourth-order valence-electron chi connectivity index (χ4n) is 1.32. The molecule has 0 aliphatic carbocycles. The zero-order valence-electron chi connectivity index (χ0n) is 9.59. The number of anilines is 2. The van der Waals surface area contributed by atoms with Gasteiger partial charge in [-0.3, -0.25) is 0 Å². The van der Waals surface area contributed by atoms with Crippen LogP contribution in [0.4, 0.5) is 11.4 Å². The molecule has 17 heavy (non-hydrogen) atoms. The lowest BCUT2D eigenvalue weighted by molar-refractivity contribution is 0.475. The van der Waals surface area contributed by atoms with Crippen molar-refractivity contribution < 1.29 is 10.2 Å². The lowest BCUT2D eigenvalue weighted by Crippen LogP contribution is -1.83. The summed E-state index contributed by atoms with van der Waals surface area (Å²) in [7, 11) is 0. The molecule has 0 aliphatic rings. The molecule has 0 aliphatic heterocycles. The molecule has 0 aromatic heterocycles. The molecular formula is C13H16N2O2. The number of rotatable bonds is 0. The fraction of sp³-hybridized carbons (Fsp3) is 0.0769. The largest absolute Gasteiger partial charge is 0.508 e. The van der Waals surface area contributed by atoms with Crippen molar-refractivity contribution in [2.24, 2.45) is 0 Å². The van der Waals surface area contributed by atoms with Gasteiger partial charge in [-0.25, -0.2) is 0 Å². The van der Waals surface area contributed by atoms with E-state index in [1.807, 2.05) is 6.92 Å². The predicted octanol–water partition coefficient (Wildman–Crippen LogP) is 2.26. The van der Waals surface area contributed by atoms with Crippen LogP contribution in [0.25, 0.3) is 0 Å². The van der Waals surface area contributed by atoms with Crippen LogP contribution in [-0.2, 0) is 0 Å². The summed E-state index contributed by atoms with van der Waals surface area (Å²) in [6, 6.07) is 11.5. The zero-order chi connectivity index (χ0) is 12.8. The first-order valence-electron chi connectivity index (χ1n) is 5.08. The van der Waals surface area contributed by atoms with Gasteiger partial charge in [-0.1, -0.05) is 6.07 Å². The molecule has 0 amide bonds. The summed E-state index contributed by atoms with van der Waals surface area (Å²) in [5.41, 5.74) is 12.9. The Morgan fingerprint density at radius 1 is 0.824 bits per heavy atom. The number of hydrogen-bond acceptors (Lipinski definition) is 4. The van der Waals surface area contributed by atoms with Crippen LogP contribution in [-0.4, -0.2) is 10.2 Å². The summed E-state index contributed by atoms with van der Waals surface area (Å²) < 4.78 is 0. The van der Waals surface area contributed by atoms with Crippen LogP contribution in [0.15, 0.2) is 42.5 Å². The van der Waals surface area contributed by atoms with Crippen molar-refractivity contribution in [3.8, 4) is 11.5 Å². The molecule has 0 unspecified atom stereocenters. The highest BCUT2D eigenvalue weighted by Crippen LogP contribution is 2.15. The first-order chi connectivity index (χ1) is 7.97. The van der Waals surface area contributed by atoms with E-state index < -0.39 is 0 Å². The first kappa shape index (κ1) is 12.7. The molecule has 0 fully saturated rings. The molecule has 2 aromatic rings. The van der Waals surface area contributed by atoms with Crippen LogP contribution in [0.5, 0.6) is 11.5 Å². The highest BCUT2D eigenvalue weighted by atomic mass is 16.3. The van der Waals surface area contributed by atoms with Gasteiger partial charge in [0, 0.05) is 23.5 Å². The van der Waals surface area contributed by atoms with Crippen molar-refractivity contribution in [2.45, 2.75) is 6.92 Å². The number of benzene rings is 2. The van der Waals surface area contributed by atoms with Gasteiger partial charge in [0.05, 0.1) is 0 Å². The van der Waals surface area contributed by atoms with E-state index in [9.17, 15) is 0 Å². The molecule has 2 rings (SSSR count). The molecule has 6 N–H and O–H groups in total. The zero-order valence-corrected chi connectivity index (χ0v) is 9.59. The van der Waals surface area contributed by atoms with Gasteiger partial charge < -0.3 is 21.7 Å². The topological polar surface area (TPSA) is 92.5 Å². The number of aromatic hydroxyl groups is 2. The maximum atomic E-state index is 8.91. The van der Waals surface area contributed by atoms with E-state index in [2.05, 4.69) is 0 Å². The van der Waals surface area contributed by atoms with Gasteiger partial charge in [-0.05, 0) is 36.8 Å². The minimum Gasteiger partial charge on any atom is -0.508 e. The van der Waals surface area contributed by atoms with Crippen LogP contribution >= 0.6 is 0 Å². The van der Waals surface area contributed by atoms with E-state index in [4.69, 9.17) is 21.7 Å². The Morgan fingerprint density at radius 3 is 1.88 bits per heavy atom. The maximum Gasteiger partial charge on any atom is 0.117 e. The van der Waals surface area contributed by atoms with Gasteiger partial charge in [-0.15, -0.1) is 0 Å². The molecule has 4 heteroatoms. The van der Waals surface area contributed by atoms with Crippen molar-refractivity contribution >= 4 is 11.4 Å². The Bertz CT molecular complexity index is 431. The number of phenolic OH excluding ortho intramolecular Hbond substituents is 2. The number of phenols is 2. The van der Waals surface area contributed by atoms with E-state index in [1.165, 1.54) is 12.1 Å². The van der Waals surface area contributed by atoms with Gasteiger partial charge in [-0.2, -0.15) is 0 Å². The summed E-state index contributed by atoms with van der Waals surface area (Å²) >= 11 is 0.